The molecule has 1 saturated heterocycles. The summed E-state index contributed by atoms with van der Waals surface area (Å²) in [5.74, 6) is -1.56. The Labute approximate surface area is 177 Å². The fourth-order valence-corrected chi connectivity index (χ4v) is 3.74. The highest BCUT2D eigenvalue weighted by Crippen LogP contribution is 2.29. The molecular weight excluding hydrogens is 380 g/mol. The minimum Gasteiger partial charge on any atom is -0.452 e. The topological polar surface area (TPSA) is 75.7 Å². The molecule has 3 atom stereocenters. The lowest BCUT2D eigenvalue weighted by Crippen LogP contribution is -2.34. The number of likely N-dealkylation sites (tertiary alicyclic amines) is 1. The molecule has 6 nitrogen and oxygen atoms in total. The Morgan fingerprint density at radius 3 is 2.30 bits per heavy atom. The maximum atomic E-state index is 12.6. The second-order valence-electron chi connectivity index (χ2n) is 7.87. The van der Waals surface area contributed by atoms with Gasteiger partial charge in [0, 0.05) is 18.7 Å². The molecule has 0 spiro atoms. The molecule has 0 aliphatic carbocycles. The highest BCUT2D eigenvalue weighted by Gasteiger charge is 2.38. The number of esters is 1. The highest BCUT2D eigenvalue weighted by atomic mass is 16.5. The number of hydrogen-bond acceptors (Lipinski definition) is 4. The number of nitrogens with zero attached hydrogens (tertiary/aromatic N) is 1. The second-order valence-corrected chi connectivity index (χ2v) is 7.87. The average molecular weight is 408 g/mol. The number of aryl methyl sites for hydroxylation is 2. The SMILES string of the molecule is Cc1cccc(C)c1NC(=O)[C@H](C)OC(=O)[C@H]1CC(=O)N([C@@H](C)c2ccccc2)C1. The van der Waals surface area contributed by atoms with Gasteiger partial charge in [-0.2, -0.15) is 0 Å². The zero-order valence-electron chi connectivity index (χ0n) is 17.8. The minimum absolute atomic E-state index is 0.0825. The molecule has 0 saturated carbocycles. The van der Waals surface area contributed by atoms with Crippen LogP contribution in [0.2, 0.25) is 0 Å². The van der Waals surface area contributed by atoms with E-state index in [4.69, 9.17) is 4.74 Å². The molecule has 3 rings (SSSR count). The summed E-state index contributed by atoms with van der Waals surface area (Å²) in [5, 5.41) is 2.84. The van der Waals surface area contributed by atoms with E-state index in [0.717, 1.165) is 22.4 Å². The van der Waals surface area contributed by atoms with Gasteiger partial charge in [-0.3, -0.25) is 14.4 Å². The molecule has 0 aromatic heterocycles. The first kappa shape index (κ1) is 21.6. The molecule has 0 bridgehead atoms. The van der Waals surface area contributed by atoms with Crippen LogP contribution in [0.25, 0.3) is 0 Å². The first-order chi connectivity index (χ1) is 14.3. The Hall–Kier alpha value is -3.15. The number of hydrogen-bond donors (Lipinski definition) is 1. The quantitative estimate of drug-likeness (QED) is 0.738. The molecule has 2 aromatic carbocycles. The van der Waals surface area contributed by atoms with Crippen LogP contribution in [0.4, 0.5) is 5.69 Å². The van der Waals surface area contributed by atoms with E-state index in [1.54, 1.807) is 11.8 Å². The van der Waals surface area contributed by atoms with E-state index >= 15 is 0 Å². The summed E-state index contributed by atoms with van der Waals surface area (Å²) in [6.45, 7) is 7.60. The fourth-order valence-electron chi connectivity index (χ4n) is 3.74. The normalized spacial score (nSPS) is 18.1. The number of nitrogens with one attached hydrogen (secondary N) is 1. The zero-order chi connectivity index (χ0) is 21.8. The van der Waals surface area contributed by atoms with Crippen molar-refractivity contribution in [1.29, 1.82) is 0 Å². The summed E-state index contributed by atoms with van der Waals surface area (Å²) < 4.78 is 5.40. The van der Waals surface area contributed by atoms with Crippen molar-refractivity contribution < 1.29 is 19.1 Å². The van der Waals surface area contributed by atoms with E-state index < -0.39 is 18.0 Å². The summed E-state index contributed by atoms with van der Waals surface area (Å²) in [4.78, 5) is 39.3. The van der Waals surface area contributed by atoms with Crippen LogP contribution >= 0.6 is 0 Å². The molecule has 1 heterocycles. The average Bonchev–Trinajstić information content (AvgIpc) is 3.12. The van der Waals surface area contributed by atoms with Gasteiger partial charge in [0.25, 0.3) is 5.91 Å². The standard InChI is InChI=1S/C24H28N2O4/c1-15-9-8-10-16(2)22(15)25-23(28)18(4)30-24(29)20-13-21(27)26(14-20)17(3)19-11-6-5-7-12-19/h5-12,17-18,20H,13-14H2,1-4H3,(H,25,28)/t17-,18-,20-/m0/s1. The van der Waals surface area contributed by atoms with Gasteiger partial charge in [-0.1, -0.05) is 48.5 Å². The van der Waals surface area contributed by atoms with Crippen LogP contribution in [0.15, 0.2) is 48.5 Å². The van der Waals surface area contributed by atoms with Crippen LogP contribution in [0.3, 0.4) is 0 Å². The largest absolute Gasteiger partial charge is 0.452 e. The van der Waals surface area contributed by atoms with Crippen LogP contribution in [-0.2, 0) is 19.1 Å². The molecule has 1 N–H and O–H groups in total. The third kappa shape index (κ3) is 4.70. The molecule has 2 aromatic rings. The van der Waals surface area contributed by atoms with Crippen molar-refractivity contribution in [3.05, 3.63) is 65.2 Å². The van der Waals surface area contributed by atoms with E-state index in [2.05, 4.69) is 5.32 Å². The van der Waals surface area contributed by atoms with Gasteiger partial charge in [0.1, 0.15) is 0 Å². The van der Waals surface area contributed by atoms with E-state index in [1.807, 2.05) is 69.3 Å². The number of para-hydroxylation sites is 1. The first-order valence-electron chi connectivity index (χ1n) is 10.2. The number of rotatable bonds is 6. The Bertz CT molecular complexity index is 921. The van der Waals surface area contributed by atoms with Gasteiger partial charge in [-0.25, -0.2) is 0 Å². The van der Waals surface area contributed by atoms with E-state index in [0.29, 0.717) is 6.54 Å². The molecule has 0 radical (unpaired) electrons. The maximum Gasteiger partial charge on any atom is 0.312 e. The fraction of sp³-hybridized carbons (Fsp3) is 0.375. The lowest BCUT2D eigenvalue weighted by molar-refractivity contribution is -0.157. The predicted molar refractivity (Wildman–Crippen MR) is 115 cm³/mol. The molecule has 0 unspecified atom stereocenters. The van der Waals surface area contributed by atoms with Crippen molar-refractivity contribution in [2.75, 3.05) is 11.9 Å². The Kier molecular flexibility index (Phi) is 6.55. The lowest BCUT2D eigenvalue weighted by Gasteiger charge is -2.25. The molecule has 2 amide bonds. The summed E-state index contributed by atoms with van der Waals surface area (Å²) in [6.07, 6.45) is -0.853. The van der Waals surface area contributed by atoms with Crippen LogP contribution in [0.1, 0.15) is 43.0 Å². The minimum atomic E-state index is -0.952. The Morgan fingerprint density at radius 1 is 1.03 bits per heavy atom. The molecule has 6 heteroatoms. The number of ether oxygens (including phenoxy) is 1. The summed E-state index contributed by atoms with van der Waals surface area (Å²) in [7, 11) is 0. The van der Waals surface area contributed by atoms with Crippen molar-refractivity contribution in [3.8, 4) is 0 Å². The van der Waals surface area contributed by atoms with Crippen molar-refractivity contribution in [1.82, 2.24) is 4.90 Å². The maximum absolute atomic E-state index is 12.6. The second kappa shape index (κ2) is 9.11. The van der Waals surface area contributed by atoms with Gasteiger partial charge < -0.3 is 15.0 Å². The van der Waals surface area contributed by atoms with E-state index in [1.165, 1.54) is 0 Å². The van der Waals surface area contributed by atoms with Gasteiger partial charge in [0.2, 0.25) is 5.91 Å². The molecule has 158 valence electrons. The lowest BCUT2D eigenvalue weighted by atomic mass is 10.1. The number of carbonyl (C=O) groups excluding carboxylic acids is 3. The molecule has 30 heavy (non-hydrogen) atoms. The van der Waals surface area contributed by atoms with E-state index in [-0.39, 0.29) is 24.3 Å². The smallest absolute Gasteiger partial charge is 0.312 e. The zero-order valence-corrected chi connectivity index (χ0v) is 17.8. The molecule has 1 aliphatic heterocycles. The number of anilines is 1. The summed E-state index contributed by atoms with van der Waals surface area (Å²) in [6, 6.07) is 15.3. The molecular formula is C24H28N2O4. The third-order valence-electron chi connectivity index (χ3n) is 5.63. The van der Waals surface area contributed by atoms with Crippen LogP contribution in [0, 0.1) is 19.8 Å². The van der Waals surface area contributed by atoms with E-state index in [9.17, 15) is 14.4 Å². The van der Waals surface area contributed by atoms with Crippen molar-refractivity contribution in [3.63, 3.8) is 0 Å². The summed E-state index contributed by atoms with van der Waals surface area (Å²) in [5.41, 5.74) is 3.62. The number of benzene rings is 2. The van der Waals surface area contributed by atoms with Gasteiger partial charge in [0.05, 0.1) is 12.0 Å². The summed E-state index contributed by atoms with van der Waals surface area (Å²) >= 11 is 0. The van der Waals surface area contributed by atoms with Gasteiger partial charge in [-0.05, 0) is 44.4 Å². The van der Waals surface area contributed by atoms with Crippen molar-refractivity contribution >= 4 is 23.5 Å². The van der Waals surface area contributed by atoms with Crippen molar-refractivity contribution in [2.45, 2.75) is 46.3 Å². The van der Waals surface area contributed by atoms with Gasteiger partial charge >= 0.3 is 5.97 Å². The Morgan fingerprint density at radius 2 is 1.67 bits per heavy atom. The number of carbonyl (C=O) groups is 3. The third-order valence-corrected chi connectivity index (χ3v) is 5.63. The number of amides is 2. The van der Waals surface area contributed by atoms with Crippen LogP contribution in [0.5, 0.6) is 0 Å². The van der Waals surface area contributed by atoms with Crippen molar-refractivity contribution in [2.24, 2.45) is 5.92 Å². The van der Waals surface area contributed by atoms with Gasteiger partial charge in [-0.15, -0.1) is 0 Å². The first-order valence-corrected chi connectivity index (χ1v) is 10.2. The van der Waals surface area contributed by atoms with Gasteiger partial charge in [0.15, 0.2) is 6.10 Å². The van der Waals surface area contributed by atoms with Crippen LogP contribution in [-0.4, -0.2) is 35.3 Å². The Balaban J connectivity index is 1.59. The molecule has 1 aliphatic rings. The molecule has 1 fully saturated rings. The highest BCUT2D eigenvalue weighted by molar-refractivity contribution is 5.97. The monoisotopic (exact) mass is 408 g/mol. The van der Waals surface area contributed by atoms with Crippen LogP contribution < -0.4 is 5.32 Å². The predicted octanol–water partition coefficient (Wildman–Crippen LogP) is 3.78.